The van der Waals surface area contributed by atoms with E-state index in [1.165, 1.54) is 0 Å². The van der Waals surface area contributed by atoms with Crippen molar-refractivity contribution in [2.75, 3.05) is 61.1 Å². The van der Waals surface area contributed by atoms with Crippen molar-refractivity contribution in [2.45, 2.75) is 12.8 Å². The number of ether oxygens (including phenoxy) is 1. The van der Waals surface area contributed by atoms with Gasteiger partial charge in [0, 0.05) is 52.2 Å². The third-order valence-electron chi connectivity index (χ3n) is 7.25. The molecule has 5 heterocycles. The SMILES string of the molecule is Cn1c(N2CCOCC2)nc2cc(N3CCC(CO)CC3)c(NC(=O)c3cnn4cccnc34)cc21. The van der Waals surface area contributed by atoms with Crippen LogP contribution in [-0.4, -0.2) is 81.2 Å². The zero-order valence-corrected chi connectivity index (χ0v) is 20.3. The van der Waals surface area contributed by atoms with Gasteiger partial charge < -0.3 is 29.5 Å². The second-order valence-corrected chi connectivity index (χ2v) is 9.44. The molecule has 0 saturated carbocycles. The summed E-state index contributed by atoms with van der Waals surface area (Å²) in [6.07, 6.45) is 6.77. The maximum atomic E-state index is 13.4. The van der Waals surface area contributed by atoms with Crippen molar-refractivity contribution >= 4 is 39.9 Å². The van der Waals surface area contributed by atoms with Crippen LogP contribution in [0.15, 0.2) is 36.8 Å². The van der Waals surface area contributed by atoms with Gasteiger partial charge in [-0.25, -0.2) is 14.5 Å². The summed E-state index contributed by atoms with van der Waals surface area (Å²) in [6, 6.07) is 5.86. The minimum Gasteiger partial charge on any atom is -0.396 e. The topological polar surface area (TPSA) is 113 Å². The number of nitrogens with one attached hydrogen (secondary N) is 1. The molecule has 36 heavy (non-hydrogen) atoms. The van der Waals surface area contributed by atoms with Gasteiger partial charge in [0.2, 0.25) is 5.95 Å². The first-order valence-electron chi connectivity index (χ1n) is 12.4. The van der Waals surface area contributed by atoms with Crippen LogP contribution in [0.4, 0.5) is 17.3 Å². The Morgan fingerprint density at radius 2 is 1.97 bits per heavy atom. The highest BCUT2D eigenvalue weighted by molar-refractivity contribution is 6.10. The fraction of sp³-hybridized carbons (Fsp3) is 0.440. The summed E-state index contributed by atoms with van der Waals surface area (Å²) in [5.74, 6) is 0.953. The first kappa shape index (κ1) is 22.7. The Bertz CT molecular complexity index is 1400. The maximum absolute atomic E-state index is 13.4. The molecular weight excluding hydrogens is 460 g/mol. The number of aryl methyl sites for hydroxylation is 1. The molecule has 2 saturated heterocycles. The van der Waals surface area contributed by atoms with E-state index in [1.54, 1.807) is 29.2 Å². The number of nitrogens with zero attached hydrogens (tertiary/aromatic N) is 7. The van der Waals surface area contributed by atoms with Crippen molar-refractivity contribution in [2.24, 2.45) is 13.0 Å². The highest BCUT2D eigenvalue weighted by atomic mass is 16.5. The molecule has 4 aromatic rings. The third-order valence-corrected chi connectivity index (χ3v) is 7.25. The number of aliphatic hydroxyl groups is 1. The molecule has 2 fully saturated rings. The summed E-state index contributed by atoms with van der Waals surface area (Å²) in [4.78, 5) is 27.2. The van der Waals surface area contributed by atoms with Gasteiger partial charge >= 0.3 is 0 Å². The minimum atomic E-state index is -0.259. The molecule has 1 aromatic carbocycles. The summed E-state index contributed by atoms with van der Waals surface area (Å²) < 4.78 is 9.19. The molecular formula is C25H30N8O3. The predicted molar refractivity (Wildman–Crippen MR) is 137 cm³/mol. The number of morpholine rings is 1. The molecule has 0 spiro atoms. The van der Waals surface area contributed by atoms with Crippen LogP contribution in [-0.2, 0) is 11.8 Å². The molecule has 2 aliphatic heterocycles. The highest BCUT2D eigenvalue weighted by Crippen LogP contribution is 2.36. The zero-order valence-electron chi connectivity index (χ0n) is 20.3. The van der Waals surface area contributed by atoms with E-state index < -0.39 is 0 Å². The zero-order chi connectivity index (χ0) is 24.6. The molecule has 188 valence electrons. The van der Waals surface area contributed by atoms with Crippen molar-refractivity contribution in [3.63, 3.8) is 0 Å². The summed E-state index contributed by atoms with van der Waals surface area (Å²) >= 11 is 0. The Labute approximate surface area is 208 Å². The van der Waals surface area contributed by atoms with E-state index in [9.17, 15) is 9.90 Å². The van der Waals surface area contributed by atoms with Gasteiger partial charge in [-0.3, -0.25) is 4.79 Å². The number of benzene rings is 1. The molecule has 11 nitrogen and oxygen atoms in total. The third kappa shape index (κ3) is 4.03. The number of rotatable bonds is 5. The van der Waals surface area contributed by atoms with Crippen LogP contribution in [0.5, 0.6) is 0 Å². The largest absolute Gasteiger partial charge is 0.396 e. The average Bonchev–Trinajstić information content (AvgIpc) is 3.50. The number of piperidine rings is 1. The molecule has 0 bridgehead atoms. The van der Waals surface area contributed by atoms with Crippen molar-refractivity contribution in [1.82, 2.24) is 24.1 Å². The van der Waals surface area contributed by atoms with E-state index in [1.807, 2.05) is 13.1 Å². The molecule has 0 radical (unpaired) electrons. The van der Waals surface area contributed by atoms with Gasteiger partial charge in [0.15, 0.2) is 5.65 Å². The minimum absolute atomic E-state index is 0.210. The van der Waals surface area contributed by atoms with E-state index in [4.69, 9.17) is 9.72 Å². The van der Waals surface area contributed by atoms with Gasteiger partial charge in [-0.2, -0.15) is 5.10 Å². The lowest BCUT2D eigenvalue weighted by atomic mass is 9.97. The number of carbonyl (C=O) groups excluding carboxylic acids is 1. The van der Waals surface area contributed by atoms with E-state index in [2.05, 4.69) is 35.8 Å². The quantitative estimate of drug-likeness (QED) is 0.436. The number of anilines is 3. The molecule has 2 N–H and O–H groups in total. The molecule has 11 heteroatoms. The van der Waals surface area contributed by atoms with Crippen LogP contribution < -0.4 is 15.1 Å². The summed E-state index contributed by atoms with van der Waals surface area (Å²) in [7, 11) is 2.01. The number of amides is 1. The Balaban J connectivity index is 1.39. The van der Waals surface area contributed by atoms with Gasteiger partial charge in [-0.1, -0.05) is 0 Å². The standard InChI is InChI=1S/C25H30N8O3/c1-30-21-13-20(28-24(35)18-15-27-33-6-2-5-26-23(18)33)22(31-7-3-17(16-34)4-8-31)14-19(21)29-25(30)32-9-11-36-12-10-32/h2,5-6,13-15,17,34H,3-4,7-12,16H2,1H3,(H,28,35). The smallest absolute Gasteiger partial charge is 0.261 e. The van der Waals surface area contributed by atoms with Crippen LogP contribution >= 0.6 is 0 Å². The Hall–Kier alpha value is -3.70. The Morgan fingerprint density at radius 1 is 1.17 bits per heavy atom. The molecule has 0 unspecified atom stereocenters. The van der Waals surface area contributed by atoms with Crippen LogP contribution in [0, 0.1) is 5.92 Å². The van der Waals surface area contributed by atoms with E-state index in [0.29, 0.717) is 30.3 Å². The number of hydrogen-bond acceptors (Lipinski definition) is 8. The van der Waals surface area contributed by atoms with Crippen molar-refractivity contribution in [1.29, 1.82) is 0 Å². The highest BCUT2D eigenvalue weighted by Gasteiger charge is 2.25. The number of aromatic nitrogens is 5. The Kier molecular flexibility index (Phi) is 5.94. The second-order valence-electron chi connectivity index (χ2n) is 9.44. The number of aliphatic hydroxyl groups excluding tert-OH is 1. The van der Waals surface area contributed by atoms with Crippen molar-refractivity contribution in [3.8, 4) is 0 Å². The van der Waals surface area contributed by atoms with Crippen LogP contribution in [0.2, 0.25) is 0 Å². The van der Waals surface area contributed by atoms with Crippen LogP contribution in [0.3, 0.4) is 0 Å². The fourth-order valence-electron chi connectivity index (χ4n) is 5.16. The number of hydrogen-bond donors (Lipinski definition) is 2. The van der Waals surface area contributed by atoms with Crippen LogP contribution in [0.1, 0.15) is 23.2 Å². The molecule has 0 aliphatic carbocycles. The molecule has 3 aromatic heterocycles. The van der Waals surface area contributed by atoms with Gasteiger partial charge in [0.05, 0.1) is 41.8 Å². The lowest BCUT2D eigenvalue weighted by Crippen LogP contribution is -2.37. The van der Waals surface area contributed by atoms with Gasteiger partial charge in [0.25, 0.3) is 5.91 Å². The van der Waals surface area contributed by atoms with Gasteiger partial charge in [0.1, 0.15) is 5.56 Å². The summed E-state index contributed by atoms with van der Waals surface area (Å²) in [5, 5.41) is 17.0. The van der Waals surface area contributed by atoms with E-state index >= 15 is 0 Å². The predicted octanol–water partition coefficient (Wildman–Crippen LogP) is 1.91. The fourth-order valence-corrected chi connectivity index (χ4v) is 5.16. The average molecular weight is 491 g/mol. The number of carbonyl (C=O) groups is 1. The number of fused-ring (bicyclic) bond motifs is 2. The summed E-state index contributed by atoms with van der Waals surface area (Å²) in [6.45, 7) is 4.78. The van der Waals surface area contributed by atoms with Crippen LogP contribution in [0.25, 0.3) is 16.7 Å². The second kappa shape index (κ2) is 9.40. The molecule has 6 rings (SSSR count). The molecule has 1 amide bonds. The van der Waals surface area contributed by atoms with Crippen molar-refractivity contribution < 1.29 is 14.6 Å². The first-order valence-corrected chi connectivity index (χ1v) is 12.4. The van der Waals surface area contributed by atoms with E-state index in [-0.39, 0.29) is 12.5 Å². The van der Waals surface area contributed by atoms with E-state index in [0.717, 1.165) is 67.4 Å². The maximum Gasteiger partial charge on any atom is 0.261 e. The Morgan fingerprint density at radius 3 is 2.75 bits per heavy atom. The molecule has 0 atom stereocenters. The van der Waals surface area contributed by atoms with Crippen molar-refractivity contribution in [3.05, 3.63) is 42.4 Å². The molecule has 2 aliphatic rings. The van der Waals surface area contributed by atoms with Gasteiger partial charge in [-0.15, -0.1) is 0 Å². The normalized spacial score (nSPS) is 17.3. The lowest BCUT2D eigenvalue weighted by molar-refractivity contribution is 0.102. The lowest BCUT2D eigenvalue weighted by Gasteiger charge is -2.34. The van der Waals surface area contributed by atoms with Gasteiger partial charge in [-0.05, 0) is 37.0 Å². The monoisotopic (exact) mass is 490 g/mol. The first-order chi connectivity index (χ1) is 17.6. The summed E-state index contributed by atoms with van der Waals surface area (Å²) in [5.41, 5.74) is 4.41. The number of imidazole rings is 1.